The molecule has 0 unspecified atom stereocenters. The Kier molecular flexibility index (Phi) is 2.52. The van der Waals surface area contributed by atoms with Gasteiger partial charge in [0.15, 0.2) is 0 Å². The van der Waals surface area contributed by atoms with E-state index < -0.39 is 5.97 Å². The summed E-state index contributed by atoms with van der Waals surface area (Å²) in [5, 5.41) is 10.1. The third-order valence-corrected chi connectivity index (χ3v) is 3.22. The van der Waals surface area contributed by atoms with Crippen LogP contribution in [0.1, 0.15) is 23.0 Å². The first-order chi connectivity index (χ1) is 7.16. The summed E-state index contributed by atoms with van der Waals surface area (Å²) in [6.45, 7) is 1.96. The van der Waals surface area contributed by atoms with Crippen LogP contribution in [0.4, 0.5) is 0 Å². The molecule has 0 atom stereocenters. The van der Waals surface area contributed by atoms with Gasteiger partial charge in [-0.3, -0.25) is 3.59 Å². The maximum absolute atomic E-state index is 11.1. The number of carbonyl (C=O) groups is 1. The maximum atomic E-state index is 11.1. The Morgan fingerprint density at radius 1 is 1.47 bits per heavy atom. The highest BCUT2D eigenvalue weighted by Crippen LogP contribution is 2.28. The highest BCUT2D eigenvalue weighted by atomic mass is 79.9. The maximum Gasteiger partial charge on any atom is 0.353 e. The fourth-order valence-electron chi connectivity index (χ4n) is 1.84. The average Bonchev–Trinajstić information content (AvgIpc) is 2.52. The zero-order chi connectivity index (χ0) is 11.0. The van der Waals surface area contributed by atoms with Crippen LogP contribution in [0, 0.1) is 0 Å². The molecule has 1 N–H and O–H groups in total. The number of carboxylic acids is 1. The molecule has 2 aromatic rings. The van der Waals surface area contributed by atoms with E-state index in [1.165, 1.54) is 0 Å². The third-order valence-electron chi connectivity index (χ3n) is 2.48. The van der Waals surface area contributed by atoms with Crippen molar-refractivity contribution in [2.75, 3.05) is 0 Å². The van der Waals surface area contributed by atoms with Gasteiger partial charge in [-0.25, -0.2) is 4.79 Å². The lowest BCUT2D eigenvalue weighted by Crippen LogP contribution is -2.03. The number of hydrogen-bond acceptors (Lipinski definition) is 1. The van der Waals surface area contributed by atoms with E-state index in [2.05, 4.69) is 16.1 Å². The Balaban J connectivity index is 2.90. The molecular weight excluding hydrogens is 258 g/mol. The van der Waals surface area contributed by atoms with Crippen LogP contribution in [0.5, 0.6) is 0 Å². The van der Waals surface area contributed by atoms with Crippen LogP contribution in [0.15, 0.2) is 24.3 Å². The Bertz CT molecular complexity index is 531. The first-order valence-corrected chi connectivity index (χ1v) is 5.39. The summed E-state index contributed by atoms with van der Waals surface area (Å²) < 4.78 is 1.56. The second kappa shape index (κ2) is 3.70. The number of benzene rings is 1. The third kappa shape index (κ3) is 1.45. The van der Waals surface area contributed by atoms with Gasteiger partial charge >= 0.3 is 5.97 Å². The summed E-state index contributed by atoms with van der Waals surface area (Å²) >= 11 is 3.28. The van der Waals surface area contributed by atoms with Crippen LogP contribution in [0.25, 0.3) is 10.9 Å². The lowest BCUT2D eigenvalue weighted by Gasteiger charge is -1.97. The van der Waals surface area contributed by atoms with Gasteiger partial charge in [0.05, 0.1) is 21.7 Å². The summed E-state index contributed by atoms with van der Waals surface area (Å²) in [7, 11) is 0. The van der Waals surface area contributed by atoms with E-state index in [4.69, 9.17) is 5.11 Å². The van der Waals surface area contributed by atoms with Crippen LogP contribution in [0.3, 0.4) is 0 Å². The van der Waals surface area contributed by atoms with Crippen LogP contribution < -0.4 is 0 Å². The molecule has 0 radical (unpaired) electrons. The summed E-state index contributed by atoms with van der Waals surface area (Å²) in [5.41, 5.74) is 2.08. The standard InChI is InChI=1S/C11H10BrNO2/c1-2-7-8-5-3-4-6-9(8)13(12)10(7)11(14)15/h3-6H,2H2,1H3,(H,14,15). The number of aromatic carboxylic acids is 1. The van der Waals surface area contributed by atoms with Crippen molar-refractivity contribution in [3.8, 4) is 0 Å². The van der Waals surface area contributed by atoms with E-state index in [0.717, 1.165) is 16.5 Å². The molecule has 0 amide bonds. The van der Waals surface area contributed by atoms with E-state index in [1.807, 2.05) is 31.2 Å². The molecule has 0 aliphatic carbocycles. The number of rotatable bonds is 2. The Hall–Kier alpha value is -1.29. The zero-order valence-electron chi connectivity index (χ0n) is 8.20. The zero-order valence-corrected chi connectivity index (χ0v) is 9.78. The minimum absolute atomic E-state index is 0.318. The molecule has 0 spiro atoms. The second-order valence-electron chi connectivity index (χ2n) is 3.28. The van der Waals surface area contributed by atoms with Crippen molar-refractivity contribution in [3.05, 3.63) is 35.5 Å². The normalized spacial score (nSPS) is 10.8. The first-order valence-electron chi connectivity index (χ1n) is 4.68. The highest BCUT2D eigenvalue weighted by Gasteiger charge is 2.19. The molecule has 0 bridgehead atoms. The van der Waals surface area contributed by atoms with Gasteiger partial charge in [-0.15, -0.1) is 0 Å². The number of hydrogen-bond donors (Lipinski definition) is 1. The lowest BCUT2D eigenvalue weighted by atomic mass is 10.1. The van der Waals surface area contributed by atoms with Gasteiger partial charge in [0.1, 0.15) is 5.69 Å². The SMILES string of the molecule is CCc1c(C(=O)O)n(Br)c2ccccc12. The number of halogens is 1. The van der Waals surface area contributed by atoms with Crippen molar-refractivity contribution < 1.29 is 9.90 Å². The molecule has 3 nitrogen and oxygen atoms in total. The van der Waals surface area contributed by atoms with Gasteiger partial charge in [0.25, 0.3) is 0 Å². The van der Waals surface area contributed by atoms with Crippen molar-refractivity contribution in [3.63, 3.8) is 0 Å². The van der Waals surface area contributed by atoms with Crippen LogP contribution in [0.2, 0.25) is 0 Å². The Labute approximate surface area is 95.7 Å². The monoisotopic (exact) mass is 267 g/mol. The molecule has 1 aromatic carbocycles. The molecule has 15 heavy (non-hydrogen) atoms. The molecule has 0 aliphatic rings. The van der Waals surface area contributed by atoms with Crippen molar-refractivity contribution in [2.45, 2.75) is 13.3 Å². The fraction of sp³-hybridized carbons (Fsp3) is 0.182. The summed E-state index contributed by atoms with van der Waals surface area (Å²) in [6, 6.07) is 7.65. The molecule has 0 saturated carbocycles. The second-order valence-corrected chi connectivity index (χ2v) is 3.99. The van der Waals surface area contributed by atoms with Crippen LogP contribution >= 0.6 is 16.1 Å². The van der Waals surface area contributed by atoms with Crippen LogP contribution in [-0.2, 0) is 6.42 Å². The molecule has 78 valence electrons. The predicted octanol–water partition coefficient (Wildman–Crippen LogP) is 3.06. The quantitative estimate of drug-likeness (QED) is 0.909. The lowest BCUT2D eigenvalue weighted by molar-refractivity contribution is 0.0689. The predicted molar refractivity (Wildman–Crippen MR) is 62.6 cm³/mol. The van der Waals surface area contributed by atoms with Crippen molar-refractivity contribution in [1.82, 2.24) is 3.59 Å². The minimum atomic E-state index is -0.903. The van der Waals surface area contributed by atoms with Crippen LogP contribution in [-0.4, -0.2) is 14.7 Å². The number of aryl methyl sites for hydroxylation is 1. The molecule has 4 heteroatoms. The molecule has 0 aliphatic heterocycles. The molecule has 2 rings (SSSR count). The molecule has 1 heterocycles. The molecule has 1 aromatic heterocycles. The van der Waals surface area contributed by atoms with E-state index in [9.17, 15) is 4.79 Å². The van der Waals surface area contributed by atoms with E-state index in [0.29, 0.717) is 12.1 Å². The van der Waals surface area contributed by atoms with Gasteiger partial charge in [0.2, 0.25) is 0 Å². The number of aromatic nitrogens is 1. The van der Waals surface area contributed by atoms with Gasteiger partial charge < -0.3 is 5.11 Å². The number of nitrogens with zero attached hydrogens (tertiary/aromatic N) is 1. The van der Waals surface area contributed by atoms with Gasteiger partial charge in [-0.1, -0.05) is 25.1 Å². The highest BCUT2D eigenvalue weighted by molar-refractivity contribution is 9.08. The smallest absolute Gasteiger partial charge is 0.353 e. The van der Waals surface area contributed by atoms with Gasteiger partial charge in [0, 0.05) is 5.39 Å². The van der Waals surface area contributed by atoms with Gasteiger partial charge in [-0.2, -0.15) is 0 Å². The largest absolute Gasteiger partial charge is 0.477 e. The summed E-state index contributed by atoms with van der Waals surface area (Å²) in [6.07, 6.45) is 0.709. The minimum Gasteiger partial charge on any atom is -0.477 e. The summed E-state index contributed by atoms with van der Waals surface area (Å²) in [5.74, 6) is -0.903. The van der Waals surface area contributed by atoms with Crippen molar-refractivity contribution in [2.24, 2.45) is 0 Å². The molecular formula is C11H10BrNO2. The Morgan fingerprint density at radius 3 is 2.73 bits per heavy atom. The number of fused-ring (bicyclic) bond motifs is 1. The Morgan fingerprint density at radius 2 is 2.13 bits per heavy atom. The topological polar surface area (TPSA) is 42.2 Å². The van der Waals surface area contributed by atoms with E-state index in [-0.39, 0.29) is 0 Å². The van der Waals surface area contributed by atoms with Crippen molar-refractivity contribution >= 4 is 33.0 Å². The first kappa shape index (κ1) is 10.2. The van der Waals surface area contributed by atoms with Crippen molar-refractivity contribution in [1.29, 1.82) is 0 Å². The van der Waals surface area contributed by atoms with E-state index in [1.54, 1.807) is 3.59 Å². The van der Waals surface area contributed by atoms with Gasteiger partial charge in [-0.05, 0) is 18.1 Å². The fourth-order valence-corrected chi connectivity index (χ4v) is 2.51. The van der Waals surface area contributed by atoms with E-state index >= 15 is 0 Å². The molecule has 0 fully saturated rings. The summed E-state index contributed by atoms with van der Waals surface area (Å²) in [4.78, 5) is 11.1. The average molecular weight is 268 g/mol. The number of carboxylic acid groups (broad SMARTS) is 1. The number of para-hydroxylation sites is 1. The molecule has 0 saturated heterocycles.